The number of carbonyl (C=O) groups is 1. The molecule has 3 aromatic heterocycles. The van der Waals surface area contributed by atoms with Crippen LogP contribution >= 0.6 is 0 Å². The first-order chi connectivity index (χ1) is 15.3. The normalized spacial score (nSPS) is 16.4. The zero-order valence-corrected chi connectivity index (χ0v) is 17.0. The largest absolute Gasteiger partial charge is 0.376 e. The highest BCUT2D eigenvalue weighted by atomic mass is 16.2. The summed E-state index contributed by atoms with van der Waals surface area (Å²) in [6, 6.07) is 11.8. The number of hydrogen-bond donors (Lipinski definition) is 3. The van der Waals surface area contributed by atoms with Gasteiger partial charge in [0.2, 0.25) is 5.91 Å². The maximum atomic E-state index is 12.6. The van der Waals surface area contributed by atoms with Crippen LogP contribution in [0, 0.1) is 0 Å². The number of piperidine rings is 1. The van der Waals surface area contributed by atoms with Gasteiger partial charge in [-0.05, 0) is 43.2 Å². The Hall–Kier alpha value is -3.88. The van der Waals surface area contributed by atoms with Crippen LogP contribution in [0.25, 0.3) is 16.7 Å². The van der Waals surface area contributed by atoms with Crippen molar-refractivity contribution in [2.45, 2.75) is 18.9 Å². The number of fused-ring (bicyclic) bond motifs is 1. The Morgan fingerprint density at radius 3 is 3.10 bits per heavy atom. The van der Waals surface area contributed by atoms with Crippen LogP contribution in [0.2, 0.25) is 0 Å². The maximum Gasteiger partial charge on any atom is 0.239 e. The van der Waals surface area contributed by atoms with Crippen LogP contribution in [0.1, 0.15) is 12.8 Å². The van der Waals surface area contributed by atoms with Crippen molar-refractivity contribution in [2.24, 2.45) is 0 Å². The van der Waals surface area contributed by atoms with Crippen molar-refractivity contribution in [3.63, 3.8) is 0 Å². The molecule has 9 nitrogen and oxygen atoms in total. The number of H-pyrrole nitrogens is 1. The Bertz CT molecular complexity index is 1170. The minimum Gasteiger partial charge on any atom is -0.376 e. The van der Waals surface area contributed by atoms with E-state index in [1.54, 1.807) is 17.2 Å². The molecule has 1 saturated heterocycles. The van der Waals surface area contributed by atoms with Crippen molar-refractivity contribution in [1.29, 1.82) is 0 Å². The van der Waals surface area contributed by atoms with Crippen LogP contribution in [-0.4, -0.2) is 56.3 Å². The Morgan fingerprint density at radius 1 is 1.23 bits per heavy atom. The predicted molar refractivity (Wildman–Crippen MR) is 119 cm³/mol. The van der Waals surface area contributed by atoms with Gasteiger partial charge in [0, 0.05) is 43.4 Å². The zero-order chi connectivity index (χ0) is 21.0. The van der Waals surface area contributed by atoms with Crippen LogP contribution in [0.3, 0.4) is 0 Å². The summed E-state index contributed by atoms with van der Waals surface area (Å²) in [5, 5.41) is 11.6. The minimum absolute atomic E-state index is 0.0224. The molecule has 0 radical (unpaired) electrons. The number of nitrogens with zero attached hydrogens (tertiary/aromatic N) is 5. The summed E-state index contributed by atoms with van der Waals surface area (Å²) in [5.74, 6) is 0.893. The van der Waals surface area contributed by atoms with Gasteiger partial charge in [0.25, 0.3) is 0 Å². The topological polar surface area (TPSA) is 104 Å². The van der Waals surface area contributed by atoms with E-state index in [0.717, 1.165) is 54.2 Å². The van der Waals surface area contributed by atoms with Gasteiger partial charge in [0.05, 0.1) is 17.6 Å². The van der Waals surface area contributed by atoms with Crippen molar-refractivity contribution >= 4 is 28.4 Å². The zero-order valence-electron chi connectivity index (χ0n) is 17.0. The molecule has 0 unspecified atom stereocenters. The SMILES string of the molecule is O=C(CNc1cccc(-n2cccn2)c1)N[C@@H]1CCCN(c2ncnc3[nH]ccc23)C1. The van der Waals surface area contributed by atoms with Crippen molar-refractivity contribution < 1.29 is 4.79 Å². The summed E-state index contributed by atoms with van der Waals surface area (Å²) >= 11 is 0. The van der Waals surface area contributed by atoms with E-state index < -0.39 is 0 Å². The van der Waals surface area contributed by atoms with Gasteiger partial charge >= 0.3 is 0 Å². The third-order valence-corrected chi connectivity index (χ3v) is 5.49. The highest BCUT2D eigenvalue weighted by Gasteiger charge is 2.23. The average Bonchev–Trinajstić information content (AvgIpc) is 3.50. The van der Waals surface area contributed by atoms with Gasteiger partial charge in [-0.1, -0.05) is 6.07 Å². The quantitative estimate of drug-likeness (QED) is 0.446. The number of aromatic amines is 1. The summed E-state index contributed by atoms with van der Waals surface area (Å²) in [5.41, 5.74) is 2.65. The molecule has 1 amide bonds. The van der Waals surface area contributed by atoms with Crippen molar-refractivity contribution in [3.05, 3.63) is 61.3 Å². The number of anilines is 2. The Kier molecular flexibility index (Phi) is 5.22. The van der Waals surface area contributed by atoms with E-state index in [0.29, 0.717) is 0 Å². The first-order valence-corrected chi connectivity index (χ1v) is 10.4. The van der Waals surface area contributed by atoms with Crippen LogP contribution in [0.5, 0.6) is 0 Å². The molecular weight excluding hydrogens is 392 g/mol. The average molecular weight is 416 g/mol. The molecular formula is C22H24N8O. The number of amides is 1. The molecule has 9 heteroatoms. The molecule has 4 heterocycles. The van der Waals surface area contributed by atoms with E-state index in [1.807, 2.05) is 48.8 Å². The molecule has 31 heavy (non-hydrogen) atoms. The Balaban J connectivity index is 1.18. The van der Waals surface area contributed by atoms with E-state index in [9.17, 15) is 4.79 Å². The van der Waals surface area contributed by atoms with Crippen molar-refractivity contribution in [3.8, 4) is 5.69 Å². The van der Waals surface area contributed by atoms with Gasteiger partial charge < -0.3 is 20.5 Å². The van der Waals surface area contributed by atoms with Gasteiger partial charge in [-0.3, -0.25) is 4.79 Å². The smallest absolute Gasteiger partial charge is 0.239 e. The summed E-state index contributed by atoms with van der Waals surface area (Å²) < 4.78 is 1.79. The van der Waals surface area contributed by atoms with Crippen LogP contribution < -0.4 is 15.5 Å². The Labute approximate surface area is 179 Å². The molecule has 0 spiro atoms. The van der Waals surface area contributed by atoms with Crippen molar-refractivity contribution in [2.75, 3.05) is 29.9 Å². The lowest BCUT2D eigenvalue weighted by Crippen LogP contribution is -2.49. The van der Waals surface area contributed by atoms with E-state index in [-0.39, 0.29) is 18.5 Å². The fourth-order valence-corrected chi connectivity index (χ4v) is 4.04. The van der Waals surface area contributed by atoms with E-state index in [2.05, 4.69) is 35.6 Å². The van der Waals surface area contributed by atoms with Gasteiger partial charge in [-0.25, -0.2) is 14.6 Å². The number of hydrogen-bond acceptors (Lipinski definition) is 6. The van der Waals surface area contributed by atoms with Crippen LogP contribution in [0.4, 0.5) is 11.5 Å². The summed E-state index contributed by atoms with van der Waals surface area (Å²) in [6.07, 6.45) is 9.04. The first kappa shape index (κ1) is 19.1. The molecule has 1 aliphatic heterocycles. The molecule has 1 aromatic carbocycles. The number of carbonyl (C=O) groups excluding carboxylic acids is 1. The lowest BCUT2D eigenvalue weighted by atomic mass is 10.1. The Morgan fingerprint density at radius 2 is 2.19 bits per heavy atom. The molecule has 0 saturated carbocycles. The second-order valence-electron chi connectivity index (χ2n) is 7.64. The number of nitrogens with one attached hydrogen (secondary N) is 3. The molecule has 0 aliphatic carbocycles. The molecule has 4 aromatic rings. The fraction of sp³-hybridized carbons (Fsp3) is 0.273. The number of benzene rings is 1. The number of rotatable bonds is 6. The fourth-order valence-electron chi connectivity index (χ4n) is 4.04. The van der Waals surface area contributed by atoms with Crippen LogP contribution in [0.15, 0.2) is 61.3 Å². The third kappa shape index (κ3) is 4.20. The van der Waals surface area contributed by atoms with Gasteiger partial charge in [0.1, 0.15) is 17.8 Å². The molecule has 1 aliphatic rings. The lowest BCUT2D eigenvalue weighted by molar-refractivity contribution is -0.120. The second kappa shape index (κ2) is 8.47. The van der Waals surface area contributed by atoms with E-state index in [4.69, 9.17) is 0 Å². The monoisotopic (exact) mass is 416 g/mol. The molecule has 1 fully saturated rings. The van der Waals surface area contributed by atoms with Gasteiger partial charge in [0.15, 0.2) is 0 Å². The first-order valence-electron chi connectivity index (χ1n) is 10.4. The van der Waals surface area contributed by atoms with E-state index >= 15 is 0 Å². The standard InChI is InChI=1S/C22H24N8O/c31-20(13-24-16-4-1-6-18(12-16)30-11-3-8-27-30)28-17-5-2-10-29(14-17)22-19-7-9-23-21(19)25-15-26-22/h1,3-4,6-9,11-12,15,17,24H,2,5,10,13-14H2,(H,28,31)(H,23,25,26)/t17-/m1/s1. The van der Waals surface area contributed by atoms with Gasteiger partial charge in [-0.2, -0.15) is 5.10 Å². The molecule has 1 atom stereocenters. The summed E-state index contributed by atoms with van der Waals surface area (Å²) in [4.78, 5) is 26.7. The summed E-state index contributed by atoms with van der Waals surface area (Å²) in [7, 11) is 0. The number of aromatic nitrogens is 5. The third-order valence-electron chi connectivity index (χ3n) is 5.49. The van der Waals surface area contributed by atoms with E-state index in [1.165, 1.54) is 0 Å². The minimum atomic E-state index is -0.0224. The highest BCUT2D eigenvalue weighted by Crippen LogP contribution is 2.25. The molecule has 0 bridgehead atoms. The maximum absolute atomic E-state index is 12.6. The summed E-state index contributed by atoms with van der Waals surface area (Å²) in [6.45, 7) is 1.87. The molecule has 158 valence electrons. The highest BCUT2D eigenvalue weighted by molar-refractivity contribution is 5.87. The van der Waals surface area contributed by atoms with Crippen molar-refractivity contribution in [1.82, 2.24) is 30.0 Å². The molecule has 3 N–H and O–H groups in total. The lowest BCUT2D eigenvalue weighted by Gasteiger charge is -2.34. The van der Waals surface area contributed by atoms with Crippen LogP contribution in [-0.2, 0) is 4.79 Å². The predicted octanol–water partition coefficient (Wildman–Crippen LogP) is 2.34. The van der Waals surface area contributed by atoms with Gasteiger partial charge in [-0.15, -0.1) is 0 Å². The second-order valence-corrected chi connectivity index (χ2v) is 7.64. The molecule has 5 rings (SSSR count).